The molecule has 0 radical (unpaired) electrons. The molecule has 80 valence electrons. The van der Waals surface area contributed by atoms with Crippen molar-refractivity contribution in [3.05, 3.63) is 59.8 Å². The summed E-state index contributed by atoms with van der Waals surface area (Å²) in [6, 6.07) is 9.45. The lowest BCUT2D eigenvalue weighted by Crippen LogP contribution is -1.97. The van der Waals surface area contributed by atoms with E-state index >= 15 is 0 Å². The highest BCUT2D eigenvalue weighted by Crippen LogP contribution is 2.11. The van der Waals surface area contributed by atoms with E-state index in [4.69, 9.17) is 9.84 Å². The predicted octanol–water partition coefficient (Wildman–Crippen LogP) is 3.06. The van der Waals surface area contributed by atoms with Gasteiger partial charge in [-0.3, -0.25) is 0 Å². The van der Waals surface area contributed by atoms with Gasteiger partial charge in [0.1, 0.15) is 12.4 Å². The first-order chi connectivity index (χ1) is 7.11. The van der Waals surface area contributed by atoms with Gasteiger partial charge in [0.2, 0.25) is 0 Å². The van der Waals surface area contributed by atoms with Crippen molar-refractivity contribution in [2.24, 2.45) is 0 Å². The molecule has 0 aliphatic rings. The maximum atomic E-state index is 9.39. The Labute approximate surface area is 88.9 Å². The molecule has 0 saturated carbocycles. The molecule has 2 N–H and O–H groups in total. The Hall–Kier alpha value is -1.90. The molecule has 1 aromatic rings. The van der Waals surface area contributed by atoms with Crippen LogP contribution in [0.5, 0.6) is 0 Å². The molecule has 0 bridgehead atoms. The van der Waals surface area contributed by atoms with Crippen molar-refractivity contribution in [1.29, 1.82) is 0 Å². The fourth-order valence-electron chi connectivity index (χ4n) is 0.958. The third-order valence-electron chi connectivity index (χ3n) is 1.97. The van der Waals surface area contributed by atoms with E-state index in [-0.39, 0.29) is 23.9 Å². The molecular weight excluding hydrogens is 192 g/mol. The molecule has 1 aromatic carbocycles. The Morgan fingerprint density at radius 3 is 2.40 bits per heavy atom. The van der Waals surface area contributed by atoms with Crippen LogP contribution >= 0.6 is 0 Å². The summed E-state index contributed by atoms with van der Waals surface area (Å²) in [6.07, 6.45) is 0. The average molecular weight is 206 g/mol. The van der Waals surface area contributed by atoms with Crippen molar-refractivity contribution in [3.63, 3.8) is 0 Å². The fraction of sp³-hybridized carbons (Fsp3) is 0.167. The lowest BCUT2D eigenvalue weighted by molar-refractivity contribution is 0.0777. The standard InChI is InChI=1S/C12H14O3/c1-9(10(2)13)12(14)15-8-11-6-4-3-5-7-11/h3-7,13-14H,2,8H2,1H3/b12-9-. The topological polar surface area (TPSA) is 49.7 Å². The molecule has 0 saturated heterocycles. The monoisotopic (exact) mass is 206 g/mol. The Kier molecular flexibility index (Phi) is 3.80. The van der Waals surface area contributed by atoms with E-state index in [1.807, 2.05) is 30.3 Å². The van der Waals surface area contributed by atoms with Gasteiger partial charge < -0.3 is 14.9 Å². The summed E-state index contributed by atoms with van der Waals surface area (Å²) >= 11 is 0. The maximum Gasteiger partial charge on any atom is 0.283 e. The molecule has 0 unspecified atom stereocenters. The smallest absolute Gasteiger partial charge is 0.283 e. The highest BCUT2D eigenvalue weighted by atomic mass is 16.6. The van der Waals surface area contributed by atoms with Crippen molar-refractivity contribution in [2.45, 2.75) is 13.5 Å². The molecule has 0 fully saturated rings. The molecule has 0 amide bonds. The first kappa shape index (κ1) is 11.2. The van der Waals surface area contributed by atoms with Gasteiger partial charge in [-0.25, -0.2) is 0 Å². The van der Waals surface area contributed by atoms with Crippen molar-refractivity contribution < 1.29 is 14.9 Å². The van der Waals surface area contributed by atoms with Gasteiger partial charge >= 0.3 is 0 Å². The van der Waals surface area contributed by atoms with E-state index in [1.54, 1.807) is 0 Å². The number of benzene rings is 1. The van der Waals surface area contributed by atoms with Gasteiger partial charge in [0, 0.05) is 0 Å². The normalized spacial score (nSPS) is 11.8. The largest absolute Gasteiger partial charge is 0.508 e. The molecular formula is C12H14O3. The minimum atomic E-state index is -0.300. The summed E-state index contributed by atoms with van der Waals surface area (Å²) in [5.41, 5.74) is 1.19. The Balaban J connectivity index is 2.58. The summed E-state index contributed by atoms with van der Waals surface area (Å²) in [7, 11) is 0. The molecule has 3 heteroatoms. The van der Waals surface area contributed by atoms with Crippen LogP contribution in [-0.2, 0) is 11.3 Å². The highest BCUT2D eigenvalue weighted by molar-refractivity contribution is 5.20. The summed E-state index contributed by atoms with van der Waals surface area (Å²) < 4.78 is 5.07. The summed E-state index contributed by atoms with van der Waals surface area (Å²) in [5, 5.41) is 18.4. The lowest BCUT2D eigenvalue weighted by atomic mass is 10.2. The second-order valence-corrected chi connectivity index (χ2v) is 3.15. The Morgan fingerprint density at radius 1 is 1.27 bits per heavy atom. The number of rotatable bonds is 4. The molecule has 0 atom stereocenters. The van der Waals surface area contributed by atoms with Gasteiger partial charge in [-0.05, 0) is 12.5 Å². The van der Waals surface area contributed by atoms with E-state index in [0.717, 1.165) is 5.56 Å². The van der Waals surface area contributed by atoms with E-state index in [2.05, 4.69) is 6.58 Å². The van der Waals surface area contributed by atoms with E-state index in [0.29, 0.717) is 0 Å². The number of ether oxygens (including phenoxy) is 1. The molecule has 0 heterocycles. The van der Waals surface area contributed by atoms with Gasteiger partial charge in [-0.15, -0.1) is 0 Å². The van der Waals surface area contributed by atoms with Crippen LogP contribution in [-0.4, -0.2) is 10.2 Å². The van der Waals surface area contributed by atoms with E-state index < -0.39 is 0 Å². The van der Waals surface area contributed by atoms with Gasteiger partial charge in [0.15, 0.2) is 0 Å². The number of allylic oxidation sites excluding steroid dienone is 1. The Morgan fingerprint density at radius 2 is 1.87 bits per heavy atom. The van der Waals surface area contributed by atoms with Crippen LogP contribution in [0.3, 0.4) is 0 Å². The van der Waals surface area contributed by atoms with Crippen LogP contribution in [0.15, 0.2) is 54.2 Å². The average Bonchev–Trinajstić information content (AvgIpc) is 2.26. The van der Waals surface area contributed by atoms with Gasteiger partial charge in [-0.1, -0.05) is 36.9 Å². The summed E-state index contributed by atoms with van der Waals surface area (Å²) in [4.78, 5) is 0. The SMILES string of the molecule is C=C(O)/C(C)=C(/O)OCc1ccccc1. The van der Waals surface area contributed by atoms with E-state index in [1.165, 1.54) is 6.92 Å². The molecule has 15 heavy (non-hydrogen) atoms. The number of hydrogen-bond acceptors (Lipinski definition) is 3. The third kappa shape index (κ3) is 3.38. The van der Waals surface area contributed by atoms with Crippen molar-refractivity contribution in [3.8, 4) is 0 Å². The third-order valence-corrected chi connectivity index (χ3v) is 1.97. The summed E-state index contributed by atoms with van der Waals surface area (Å²) in [5.74, 6) is -0.494. The van der Waals surface area contributed by atoms with Crippen LogP contribution in [0.25, 0.3) is 0 Å². The first-order valence-corrected chi connectivity index (χ1v) is 4.56. The van der Waals surface area contributed by atoms with Crippen LogP contribution in [0, 0.1) is 0 Å². The lowest BCUT2D eigenvalue weighted by Gasteiger charge is -2.07. The molecule has 0 aliphatic heterocycles. The fourth-order valence-corrected chi connectivity index (χ4v) is 0.958. The minimum Gasteiger partial charge on any atom is -0.508 e. The number of hydrogen-bond donors (Lipinski definition) is 2. The first-order valence-electron chi connectivity index (χ1n) is 4.56. The molecule has 0 aliphatic carbocycles. The second kappa shape index (κ2) is 5.10. The summed E-state index contributed by atoms with van der Waals surface area (Å²) in [6.45, 7) is 5.08. The molecule has 3 nitrogen and oxygen atoms in total. The van der Waals surface area contributed by atoms with Gasteiger partial charge in [0.05, 0.1) is 5.57 Å². The highest BCUT2D eigenvalue weighted by Gasteiger charge is 2.04. The van der Waals surface area contributed by atoms with Crippen molar-refractivity contribution >= 4 is 0 Å². The zero-order valence-electron chi connectivity index (χ0n) is 8.60. The van der Waals surface area contributed by atoms with Crippen LogP contribution in [0.4, 0.5) is 0 Å². The van der Waals surface area contributed by atoms with Crippen LogP contribution < -0.4 is 0 Å². The maximum absolute atomic E-state index is 9.39. The number of aliphatic hydroxyl groups excluding tert-OH is 2. The molecule has 0 spiro atoms. The quantitative estimate of drug-likeness (QED) is 0.588. The molecule has 0 aromatic heterocycles. The predicted molar refractivity (Wildman–Crippen MR) is 58.3 cm³/mol. The Bertz CT molecular complexity index is 366. The van der Waals surface area contributed by atoms with Crippen LogP contribution in [0.2, 0.25) is 0 Å². The van der Waals surface area contributed by atoms with Crippen molar-refractivity contribution in [1.82, 2.24) is 0 Å². The zero-order chi connectivity index (χ0) is 11.3. The van der Waals surface area contributed by atoms with Gasteiger partial charge in [0.25, 0.3) is 5.95 Å². The number of aliphatic hydroxyl groups is 2. The van der Waals surface area contributed by atoms with Crippen molar-refractivity contribution in [2.75, 3.05) is 0 Å². The molecule has 1 rings (SSSR count). The zero-order valence-corrected chi connectivity index (χ0v) is 8.60. The van der Waals surface area contributed by atoms with E-state index in [9.17, 15) is 5.11 Å². The van der Waals surface area contributed by atoms with Gasteiger partial charge in [-0.2, -0.15) is 0 Å². The second-order valence-electron chi connectivity index (χ2n) is 3.15. The minimum absolute atomic E-state index is 0.194. The van der Waals surface area contributed by atoms with Crippen LogP contribution in [0.1, 0.15) is 12.5 Å².